The highest BCUT2D eigenvalue weighted by Gasteiger charge is 2.21. The van der Waals surface area contributed by atoms with Crippen molar-refractivity contribution >= 4 is 32.7 Å². The minimum absolute atomic E-state index is 0.576. The Morgan fingerprint density at radius 1 is 0.246 bits per heavy atom. The summed E-state index contributed by atoms with van der Waals surface area (Å²) in [6.07, 6.45) is 0. The van der Waals surface area contributed by atoms with Gasteiger partial charge in [-0.2, -0.15) is 0 Å². The van der Waals surface area contributed by atoms with Gasteiger partial charge in [0.05, 0.1) is 0 Å². The maximum Gasteiger partial charge on any atom is 0.164 e. The van der Waals surface area contributed by atoms with Crippen LogP contribution in [0.4, 0.5) is 0 Å². The SMILES string of the molecule is c1ccc(-c2ccc(-c3ccc(-c4nc(-c5cccc6c(-c7ccccc7)cccc56)nc(-c5cccc6oc7c(-c8cccc(-c9ccccc9)c8)cccc7c56)n4)cc3)cc2)cc1. The van der Waals surface area contributed by atoms with E-state index in [1.165, 1.54) is 16.7 Å². The summed E-state index contributed by atoms with van der Waals surface area (Å²) in [5, 5.41) is 4.17. The van der Waals surface area contributed by atoms with Crippen molar-refractivity contribution in [3.05, 3.63) is 237 Å². The van der Waals surface area contributed by atoms with Gasteiger partial charge in [-0.25, -0.2) is 15.0 Å². The summed E-state index contributed by atoms with van der Waals surface area (Å²) in [5.41, 5.74) is 15.7. The number of rotatable bonds is 8. The number of aromatic nitrogens is 3. The Kier molecular flexibility index (Phi) is 9.46. The second kappa shape index (κ2) is 16.2. The van der Waals surface area contributed by atoms with Crippen LogP contribution < -0.4 is 0 Å². The van der Waals surface area contributed by atoms with Crippen molar-refractivity contribution in [3.8, 4) is 89.8 Å². The topological polar surface area (TPSA) is 51.8 Å². The van der Waals surface area contributed by atoms with Crippen LogP contribution in [0.3, 0.4) is 0 Å². The normalized spacial score (nSPS) is 11.4. The highest BCUT2D eigenvalue weighted by atomic mass is 16.3. The molecule has 65 heavy (non-hydrogen) atoms. The molecular formula is C61H39N3O. The van der Waals surface area contributed by atoms with E-state index in [0.717, 1.165) is 88.3 Å². The average Bonchev–Trinajstić information content (AvgIpc) is 3.78. The van der Waals surface area contributed by atoms with Gasteiger partial charge in [0, 0.05) is 33.0 Å². The molecule has 0 spiro atoms. The number of benzene rings is 10. The van der Waals surface area contributed by atoms with Gasteiger partial charge in [0.2, 0.25) is 0 Å². The fourth-order valence-corrected chi connectivity index (χ4v) is 9.18. The third-order valence-electron chi connectivity index (χ3n) is 12.4. The van der Waals surface area contributed by atoms with Crippen molar-refractivity contribution in [2.75, 3.05) is 0 Å². The number of hydrogen-bond donors (Lipinski definition) is 0. The average molecular weight is 830 g/mol. The van der Waals surface area contributed by atoms with Crippen LogP contribution in [-0.4, -0.2) is 15.0 Å². The van der Waals surface area contributed by atoms with Gasteiger partial charge in [0.1, 0.15) is 11.2 Å². The summed E-state index contributed by atoms with van der Waals surface area (Å²) in [6.45, 7) is 0. The highest BCUT2D eigenvalue weighted by molar-refractivity contribution is 6.15. The van der Waals surface area contributed by atoms with Gasteiger partial charge < -0.3 is 4.42 Å². The molecule has 12 aromatic rings. The van der Waals surface area contributed by atoms with Crippen LogP contribution in [0.5, 0.6) is 0 Å². The van der Waals surface area contributed by atoms with Gasteiger partial charge in [-0.05, 0) is 73.0 Å². The molecule has 2 heterocycles. The Morgan fingerprint density at radius 3 is 1.31 bits per heavy atom. The van der Waals surface area contributed by atoms with Crippen molar-refractivity contribution < 1.29 is 4.42 Å². The Labute approximate surface area is 376 Å². The lowest BCUT2D eigenvalue weighted by Crippen LogP contribution is -2.01. The second-order valence-electron chi connectivity index (χ2n) is 16.3. The van der Waals surface area contributed by atoms with Crippen molar-refractivity contribution in [3.63, 3.8) is 0 Å². The molecule has 0 saturated heterocycles. The second-order valence-corrected chi connectivity index (χ2v) is 16.3. The van der Waals surface area contributed by atoms with Gasteiger partial charge in [-0.1, -0.05) is 224 Å². The fourth-order valence-electron chi connectivity index (χ4n) is 9.18. The summed E-state index contributed by atoms with van der Waals surface area (Å²) >= 11 is 0. The number of furan rings is 1. The molecule has 0 radical (unpaired) electrons. The summed E-state index contributed by atoms with van der Waals surface area (Å²) in [5.74, 6) is 1.77. The molecule has 0 saturated carbocycles. The number of hydrogen-bond acceptors (Lipinski definition) is 4. The van der Waals surface area contributed by atoms with Gasteiger partial charge in [-0.15, -0.1) is 0 Å². The molecule has 0 N–H and O–H groups in total. The summed E-state index contributed by atoms with van der Waals surface area (Å²) in [7, 11) is 0. The first-order valence-electron chi connectivity index (χ1n) is 21.9. The van der Waals surface area contributed by atoms with Crippen LogP contribution in [0.1, 0.15) is 0 Å². The maximum absolute atomic E-state index is 6.80. The van der Waals surface area contributed by atoms with Crippen LogP contribution in [0.15, 0.2) is 241 Å². The van der Waals surface area contributed by atoms with E-state index in [-0.39, 0.29) is 0 Å². The summed E-state index contributed by atoms with van der Waals surface area (Å²) in [6, 6.07) is 82.8. The van der Waals surface area contributed by atoms with E-state index in [1.54, 1.807) is 0 Å². The molecule has 0 fully saturated rings. The van der Waals surface area contributed by atoms with Crippen molar-refractivity contribution in [2.24, 2.45) is 0 Å². The molecule has 0 aliphatic carbocycles. The number of nitrogens with zero attached hydrogens (tertiary/aromatic N) is 3. The molecule has 304 valence electrons. The predicted octanol–water partition coefficient (Wildman–Crippen LogP) is 16.3. The molecule has 2 aromatic heterocycles. The van der Waals surface area contributed by atoms with Gasteiger partial charge in [0.25, 0.3) is 0 Å². The minimum Gasteiger partial charge on any atom is -0.455 e. The monoisotopic (exact) mass is 829 g/mol. The van der Waals surface area contributed by atoms with Crippen molar-refractivity contribution in [1.29, 1.82) is 0 Å². The molecule has 0 aliphatic heterocycles. The summed E-state index contributed by atoms with van der Waals surface area (Å²) in [4.78, 5) is 15.9. The molecule has 0 atom stereocenters. The zero-order chi connectivity index (χ0) is 43.1. The van der Waals surface area contributed by atoms with Crippen LogP contribution in [0.2, 0.25) is 0 Å². The minimum atomic E-state index is 0.576. The molecule has 0 amide bonds. The predicted molar refractivity (Wildman–Crippen MR) is 268 cm³/mol. The van der Waals surface area contributed by atoms with Crippen LogP contribution in [0, 0.1) is 0 Å². The third-order valence-corrected chi connectivity index (χ3v) is 12.4. The molecule has 0 unspecified atom stereocenters. The molecular weight excluding hydrogens is 791 g/mol. The molecule has 12 rings (SSSR count). The van der Waals surface area contributed by atoms with Gasteiger partial charge in [-0.3, -0.25) is 0 Å². The molecule has 4 nitrogen and oxygen atoms in total. The smallest absolute Gasteiger partial charge is 0.164 e. The van der Waals surface area contributed by atoms with E-state index in [2.05, 4.69) is 212 Å². The lowest BCUT2D eigenvalue weighted by molar-refractivity contribution is 0.670. The Hall–Kier alpha value is -8.73. The molecule has 0 aliphatic rings. The lowest BCUT2D eigenvalue weighted by atomic mass is 9.95. The number of fused-ring (bicyclic) bond motifs is 4. The zero-order valence-electron chi connectivity index (χ0n) is 35.3. The largest absolute Gasteiger partial charge is 0.455 e. The van der Waals surface area contributed by atoms with E-state index in [0.29, 0.717) is 17.5 Å². The van der Waals surface area contributed by atoms with E-state index in [9.17, 15) is 0 Å². The quantitative estimate of drug-likeness (QED) is 0.153. The first-order valence-corrected chi connectivity index (χ1v) is 21.9. The van der Waals surface area contributed by atoms with Crippen molar-refractivity contribution in [1.82, 2.24) is 15.0 Å². The Bertz CT molecular complexity index is 3670. The van der Waals surface area contributed by atoms with Crippen LogP contribution in [0.25, 0.3) is 123 Å². The zero-order valence-corrected chi connectivity index (χ0v) is 35.3. The summed E-state index contributed by atoms with van der Waals surface area (Å²) < 4.78 is 6.80. The standard InChI is InChI=1S/C61H39N3O/c1-4-15-40(16-5-1)42-31-33-43(34-32-42)44-35-37-46(38-36-44)59-62-60(53-27-13-25-51-49(23-11-26-52(51)53)45-19-8-3-9-20-45)64-61(63-59)55-29-14-30-56-57(55)54-28-12-24-50(58(54)65-56)48-22-10-21-47(39-48)41-17-6-2-7-18-41/h1-39H. The van der Waals surface area contributed by atoms with Gasteiger partial charge in [0.15, 0.2) is 17.5 Å². The van der Waals surface area contributed by atoms with E-state index < -0.39 is 0 Å². The van der Waals surface area contributed by atoms with Gasteiger partial charge >= 0.3 is 0 Å². The van der Waals surface area contributed by atoms with E-state index in [1.807, 2.05) is 24.3 Å². The molecule has 10 aromatic carbocycles. The lowest BCUT2D eigenvalue weighted by Gasteiger charge is -2.13. The Morgan fingerprint density at radius 2 is 0.662 bits per heavy atom. The number of para-hydroxylation sites is 1. The first kappa shape index (κ1) is 38.0. The Balaban J connectivity index is 1.01. The van der Waals surface area contributed by atoms with Crippen LogP contribution >= 0.6 is 0 Å². The molecule has 4 heteroatoms. The maximum atomic E-state index is 6.80. The first-order chi connectivity index (χ1) is 32.2. The van der Waals surface area contributed by atoms with Crippen LogP contribution in [-0.2, 0) is 0 Å². The highest BCUT2D eigenvalue weighted by Crippen LogP contribution is 2.42. The van der Waals surface area contributed by atoms with E-state index >= 15 is 0 Å². The van der Waals surface area contributed by atoms with Crippen molar-refractivity contribution in [2.45, 2.75) is 0 Å². The molecule has 0 bridgehead atoms. The third kappa shape index (κ3) is 7.04. The fraction of sp³-hybridized carbons (Fsp3) is 0. The van der Waals surface area contributed by atoms with E-state index in [4.69, 9.17) is 19.4 Å².